The van der Waals surface area contributed by atoms with Crippen LogP contribution in [0, 0.1) is 6.92 Å². The molecule has 0 aliphatic heterocycles. The van der Waals surface area contributed by atoms with Crippen molar-refractivity contribution < 1.29 is 4.79 Å². The molecule has 0 saturated heterocycles. The Hall–Kier alpha value is -1.88. The van der Waals surface area contributed by atoms with E-state index in [1.54, 1.807) is 12.3 Å². The van der Waals surface area contributed by atoms with Gasteiger partial charge in [0.2, 0.25) is 5.91 Å². The number of rotatable bonds is 5. The molecule has 1 amide bonds. The molecule has 0 fully saturated rings. The number of aryl methyl sites for hydroxylation is 1. The number of anilines is 1. The molecule has 0 atom stereocenters. The average molecular weight is 279 g/mol. The molecule has 0 bridgehead atoms. The summed E-state index contributed by atoms with van der Waals surface area (Å²) < 4.78 is 0. The van der Waals surface area contributed by atoms with E-state index in [9.17, 15) is 4.79 Å². The van der Waals surface area contributed by atoms with Gasteiger partial charge in [0.15, 0.2) is 0 Å². The maximum atomic E-state index is 11.8. The maximum Gasteiger partial charge on any atom is 0.224 e. The van der Waals surface area contributed by atoms with Crippen molar-refractivity contribution in [3.8, 4) is 0 Å². The van der Waals surface area contributed by atoms with Crippen LogP contribution in [0.2, 0.25) is 5.02 Å². The lowest BCUT2D eigenvalue weighted by Crippen LogP contribution is -2.12. The molecule has 0 aliphatic rings. The van der Waals surface area contributed by atoms with Crippen LogP contribution in [0.1, 0.15) is 24.1 Å². The van der Waals surface area contributed by atoms with Crippen molar-refractivity contribution in [3.05, 3.63) is 40.7 Å². The predicted molar refractivity (Wildman–Crippen MR) is 74.1 cm³/mol. The first-order valence-electron chi connectivity index (χ1n) is 6.06. The van der Waals surface area contributed by atoms with Crippen molar-refractivity contribution in [1.82, 2.24) is 15.4 Å². The first-order valence-corrected chi connectivity index (χ1v) is 6.44. The zero-order valence-corrected chi connectivity index (χ0v) is 11.4. The molecule has 5 nitrogen and oxygen atoms in total. The van der Waals surface area contributed by atoms with Gasteiger partial charge in [-0.3, -0.25) is 4.79 Å². The van der Waals surface area contributed by atoms with Crippen molar-refractivity contribution in [1.29, 1.82) is 0 Å². The number of benzene rings is 1. The summed E-state index contributed by atoms with van der Waals surface area (Å²) in [7, 11) is 0. The van der Waals surface area contributed by atoms with E-state index >= 15 is 0 Å². The fraction of sp³-hybridized carbons (Fsp3) is 0.308. The molecule has 6 heteroatoms. The summed E-state index contributed by atoms with van der Waals surface area (Å²) in [5, 5.41) is 13.7. The number of halogens is 1. The monoisotopic (exact) mass is 278 g/mol. The lowest BCUT2D eigenvalue weighted by Gasteiger charge is -2.09. The Morgan fingerprint density at radius 1 is 1.47 bits per heavy atom. The van der Waals surface area contributed by atoms with Crippen LogP contribution in [0.3, 0.4) is 0 Å². The summed E-state index contributed by atoms with van der Waals surface area (Å²) in [6.45, 7) is 1.88. The molecule has 1 aromatic heterocycles. The third kappa shape index (κ3) is 3.79. The Morgan fingerprint density at radius 2 is 2.32 bits per heavy atom. The summed E-state index contributed by atoms with van der Waals surface area (Å²) >= 11 is 6.00. The van der Waals surface area contributed by atoms with Gasteiger partial charge in [-0.25, -0.2) is 0 Å². The van der Waals surface area contributed by atoms with Crippen molar-refractivity contribution in [2.75, 3.05) is 5.32 Å². The van der Waals surface area contributed by atoms with Crippen molar-refractivity contribution in [2.24, 2.45) is 0 Å². The quantitative estimate of drug-likeness (QED) is 0.883. The minimum atomic E-state index is -0.0196. The van der Waals surface area contributed by atoms with Crippen LogP contribution in [0.25, 0.3) is 0 Å². The van der Waals surface area contributed by atoms with E-state index < -0.39 is 0 Å². The number of amides is 1. The molecule has 19 heavy (non-hydrogen) atoms. The molecule has 2 rings (SSSR count). The van der Waals surface area contributed by atoms with E-state index in [1.165, 1.54) is 0 Å². The number of aromatic amines is 1. The Labute approximate surface area is 116 Å². The zero-order chi connectivity index (χ0) is 13.7. The lowest BCUT2D eigenvalue weighted by molar-refractivity contribution is -0.116. The van der Waals surface area contributed by atoms with Gasteiger partial charge in [0.25, 0.3) is 0 Å². The maximum absolute atomic E-state index is 11.8. The predicted octanol–water partition coefficient (Wildman–Crippen LogP) is 2.73. The molecule has 1 heterocycles. The van der Waals surface area contributed by atoms with Crippen LogP contribution < -0.4 is 5.32 Å². The Balaban J connectivity index is 1.82. The van der Waals surface area contributed by atoms with Crippen molar-refractivity contribution >= 4 is 23.2 Å². The summed E-state index contributed by atoms with van der Waals surface area (Å²) in [5.74, 6) is -0.0196. The smallest absolute Gasteiger partial charge is 0.224 e. The van der Waals surface area contributed by atoms with Gasteiger partial charge in [0.05, 0.1) is 11.9 Å². The average Bonchev–Trinajstić information content (AvgIpc) is 2.88. The van der Waals surface area contributed by atoms with Gasteiger partial charge >= 0.3 is 0 Å². The van der Waals surface area contributed by atoms with Crippen LogP contribution in [0.4, 0.5) is 5.69 Å². The first kappa shape index (κ1) is 13.5. The Morgan fingerprint density at radius 3 is 3.05 bits per heavy atom. The van der Waals surface area contributed by atoms with E-state index in [-0.39, 0.29) is 5.91 Å². The van der Waals surface area contributed by atoms with Gasteiger partial charge in [-0.2, -0.15) is 15.4 Å². The number of carbonyl (C=O) groups excluding carboxylic acids is 1. The molecule has 1 aromatic carbocycles. The summed E-state index contributed by atoms with van der Waals surface area (Å²) in [6.07, 6.45) is 3.58. The van der Waals surface area contributed by atoms with E-state index in [2.05, 4.69) is 20.7 Å². The number of carbonyl (C=O) groups is 1. The third-order valence-corrected chi connectivity index (χ3v) is 3.25. The minimum Gasteiger partial charge on any atom is -0.326 e. The van der Waals surface area contributed by atoms with Gasteiger partial charge < -0.3 is 5.32 Å². The molecule has 0 spiro atoms. The number of nitrogens with zero attached hydrogens (tertiary/aromatic N) is 2. The Bertz CT molecular complexity index is 554. The lowest BCUT2D eigenvalue weighted by atomic mass is 10.1. The summed E-state index contributed by atoms with van der Waals surface area (Å²) in [6, 6.07) is 5.47. The van der Waals surface area contributed by atoms with Crippen LogP contribution in [0.5, 0.6) is 0 Å². The van der Waals surface area contributed by atoms with Crippen molar-refractivity contribution in [2.45, 2.75) is 26.2 Å². The molecule has 0 aliphatic carbocycles. The Kier molecular flexibility index (Phi) is 4.52. The number of hydrogen-bond donors (Lipinski definition) is 2. The molecule has 0 unspecified atom stereocenters. The molecule has 0 saturated carbocycles. The molecule has 0 radical (unpaired) electrons. The second kappa shape index (κ2) is 6.33. The van der Waals surface area contributed by atoms with Gasteiger partial charge in [0.1, 0.15) is 0 Å². The molecule has 2 N–H and O–H groups in total. The van der Waals surface area contributed by atoms with E-state index in [4.69, 9.17) is 11.6 Å². The van der Waals surface area contributed by atoms with Crippen molar-refractivity contribution in [3.63, 3.8) is 0 Å². The zero-order valence-electron chi connectivity index (χ0n) is 10.6. The normalized spacial score (nSPS) is 10.4. The van der Waals surface area contributed by atoms with Gasteiger partial charge in [-0.15, -0.1) is 0 Å². The summed E-state index contributed by atoms with van der Waals surface area (Å²) in [4.78, 5) is 11.8. The second-order valence-corrected chi connectivity index (χ2v) is 4.68. The topological polar surface area (TPSA) is 70.7 Å². The SMILES string of the molecule is Cc1c(Cl)cccc1NC(=O)CCCc1cn[nH]n1. The highest BCUT2D eigenvalue weighted by atomic mass is 35.5. The first-order chi connectivity index (χ1) is 9.16. The highest BCUT2D eigenvalue weighted by Gasteiger charge is 2.07. The van der Waals surface area contributed by atoms with E-state index in [0.29, 0.717) is 11.4 Å². The van der Waals surface area contributed by atoms with Gasteiger partial charge in [0, 0.05) is 17.1 Å². The van der Waals surface area contributed by atoms with Gasteiger partial charge in [-0.1, -0.05) is 17.7 Å². The number of hydrogen-bond acceptors (Lipinski definition) is 3. The van der Waals surface area contributed by atoms with Crippen LogP contribution in [-0.2, 0) is 11.2 Å². The summed E-state index contributed by atoms with van der Waals surface area (Å²) in [5.41, 5.74) is 2.51. The van der Waals surface area contributed by atoms with Crippen LogP contribution in [0.15, 0.2) is 24.4 Å². The molecule has 2 aromatic rings. The standard InChI is InChI=1S/C13H15ClN4O/c1-9-11(14)5-3-6-12(9)16-13(19)7-2-4-10-8-15-18-17-10/h3,5-6,8H,2,4,7H2,1H3,(H,16,19)(H,15,17,18). The highest BCUT2D eigenvalue weighted by molar-refractivity contribution is 6.31. The second-order valence-electron chi connectivity index (χ2n) is 4.28. The fourth-order valence-corrected chi connectivity index (χ4v) is 1.91. The van der Waals surface area contributed by atoms with Crippen LogP contribution in [-0.4, -0.2) is 21.3 Å². The number of aromatic nitrogens is 3. The highest BCUT2D eigenvalue weighted by Crippen LogP contribution is 2.23. The fourth-order valence-electron chi connectivity index (χ4n) is 1.73. The number of H-pyrrole nitrogens is 1. The largest absolute Gasteiger partial charge is 0.326 e. The van der Waals surface area contributed by atoms with E-state index in [1.807, 2.05) is 19.1 Å². The third-order valence-electron chi connectivity index (χ3n) is 2.84. The molecular weight excluding hydrogens is 264 g/mol. The van der Waals surface area contributed by atoms with Crippen LogP contribution >= 0.6 is 11.6 Å². The molecule has 100 valence electrons. The molecular formula is C13H15ClN4O. The minimum absolute atomic E-state index is 0.0196. The van der Waals surface area contributed by atoms with Gasteiger partial charge in [-0.05, 0) is 37.5 Å². The van der Waals surface area contributed by atoms with E-state index in [0.717, 1.165) is 29.8 Å². The number of nitrogens with one attached hydrogen (secondary N) is 2.